The average Bonchev–Trinajstić information content (AvgIpc) is 2.71. The van der Waals surface area contributed by atoms with Crippen LogP contribution in [0.25, 0.3) is 0 Å². The van der Waals surface area contributed by atoms with Crippen LogP contribution in [0.1, 0.15) is 26.0 Å². The van der Waals surface area contributed by atoms with E-state index in [2.05, 4.69) is 29.0 Å². The van der Waals surface area contributed by atoms with E-state index in [-0.39, 0.29) is 0 Å². The highest BCUT2D eigenvalue weighted by Gasteiger charge is 2.25. The number of hydrogen-bond donors (Lipinski definition) is 1. The second kappa shape index (κ2) is 4.87. The van der Waals surface area contributed by atoms with Gasteiger partial charge in [-0.25, -0.2) is 0 Å². The molecular weight excluding hydrogens is 202 g/mol. The Morgan fingerprint density at radius 1 is 1.50 bits per heavy atom. The van der Waals surface area contributed by atoms with Crippen LogP contribution in [0.5, 0.6) is 0 Å². The highest BCUT2D eigenvalue weighted by Crippen LogP contribution is 2.26. The molecule has 1 aliphatic heterocycles. The molecule has 1 aliphatic rings. The van der Waals surface area contributed by atoms with Gasteiger partial charge in [0.05, 0.1) is 5.69 Å². The molecule has 0 amide bonds. The third-order valence-corrected chi connectivity index (χ3v) is 3.50. The molecule has 0 radical (unpaired) electrons. The SMILES string of the molecule is CNCc1coc(N2CCC(C)C(C)C2)n1. The average molecular weight is 223 g/mol. The van der Waals surface area contributed by atoms with Crippen molar-refractivity contribution in [3.63, 3.8) is 0 Å². The first-order valence-corrected chi connectivity index (χ1v) is 6.04. The molecule has 0 bridgehead atoms. The molecule has 90 valence electrons. The first-order valence-electron chi connectivity index (χ1n) is 6.04. The molecule has 2 heterocycles. The molecule has 2 atom stereocenters. The third kappa shape index (κ3) is 2.38. The molecule has 2 rings (SSSR count). The number of nitrogens with zero attached hydrogens (tertiary/aromatic N) is 2. The van der Waals surface area contributed by atoms with Crippen molar-refractivity contribution < 1.29 is 4.42 Å². The van der Waals surface area contributed by atoms with Crippen LogP contribution in [-0.4, -0.2) is 25.1 Å². The molecule has 0 aliphatic carbocycles. The number of piperidine rings is 1. The lowest BCUT2D eigenvalue weighted by molar-refractivity contribution is 0.313. The Hall–Kier alpha value is -1.03. The summed E-state index contributed by atoms with van der Waals surface area (Å²) < 4.78 is 5.52. The minimum Gasteiger partial charge on any atom is -0.432 e. The van der Waals surface area contributed by atoms with Crippen molar-refractivity contribution in [2.45, 2.75) is 26.8 Å². The fourth-order valence-electron chi connectivity index (χ4n) is 2.14. The number of rotatable bonds is 3. The zero-order valence-corrected chi connectivity index (χ0v) is 10.4. The molecule has 1 N–H and O–H groups in total. The topological polar surface area (TPSA) is 41.3 Å². The second-order valence-corrected chi connectivity index (χ2v) is 4.84. The smallest absolute Gasteiger partial charge is 0.297 e. The standard InChI is InChI=1S/C12H21N3O/c1-9-4-5-15(7-10(9)2)12-14-11(6-13-3)8-16-12/h8-10,13H,4-7H2,1-3H3. The maximum atomic E-state index is 5.52. The van der Waals surface area contributed by atoms with E-state index in [1.165, 1.54) is 6.42 Å². The van der Waals surface area contributed by atoms with Crippen LogP contribution >= 0.6 is 0 Å². The molecule has 1 aromatic rings. The summed E-state index contributed by atoms with van der Waals surface area (Å²) in [6.07, 6.45) is 2.97. The van der Waals surface area contributed by atoms with Crippen LogP contribution in [0.3, 0.4) is 0 Å². The third-order valence-electron chi connectivity index (χ3n) is 3.50. The molecule has 4 nitrogen and oxygen atoms in total. The highest BCUT2D eigenvalue weighted by atomic mass is 16.4. The lowest BCUT2D eigenvalue weighted by atomic mass is 9.89. The zero-order chi connectivity index (χ0) is 11.5. The zero-order valence-electron chi connectivity index (χ0n) is 10.4. The molecule has 1 fully saturated rings. The number of aromatic nitrogens is 1. The summed E-state index contributed by atoms with van der Waals surface area (Å²) in [5, 5.41) is 3.08. The summed E-state index contributed by atoms with van der Waals surface area (Å²) >= 11 is 0. The number of anilines is 1. The van der Waals surface area contributed by atoms with Crippen molar-refractivity contribution >= 4 is 6.01 Å². The number of hydrogen-bond acceptors (Lipinski definition) is 4. The lowest BCUT2D eigenvalue weighted by Crippen LogP contribution is -2.38. The molecule has 1 saturated heterocycles. The van der Waals surface area contributed by atoms with Crippen molar-refractivity contribution in [2.75, 3.05) is 25.0 Å². The molecule has 0 spiro atoms. The van der Waals surface area contributed by atoms with E-state index in [1.54, 1.807) is 6.26 Å². The molecule has 4 heteroatoms. The lowest BCUT2D eigenvalue weighted by Gasteiger charge is -2.34. The summed E-state index contributed by atoms with van der Waals surface area (Å²) in [7, 11) is 1.92. The molecular formula is C12H21N3O. The summed E-state index contributed by atoms with van der Waals surface area (Å²) in [5.74, 6) is 1.52. The van der Waals surface area contributed by atoms with Crippen molar-refractivity contribution in [1.82, 2.24) is 10.3 Å². The van der Waals surface area contributed by atoms with Gasteiger partial charge in [0.15, 0.2) is 0 Å². The first kappa shape index (κ1) is 11.5. The van der Waals surface area contributed by atoms with Gasteiger partial charge in [-0.05, 0) is 25.3 Å². The van der Waals surface area contributed by atoms with Gasteiger partial charge in [-0.3, -0.25) is 0 Å². The van der Waals surface area contributed by atoms with Crippen LogP contribution in [0.2, 0.25) is 0 Å². The first-order chi connectivity index (χ1) is 7.70. The van der Waals surface area contributed by atoms with Gasteiger partial charge in [-0.1, -0.05) is 13.8 Å². The van der Waals surface area contributed by atoms with Gasteiger partial charge in [0.2, 0.25) is 0 Å². The van der Waals surface area contributed by atoms with E-state index in [0.717, 1.165) is 37.3 Å². The highest BCUT2D eigenvalue weighted by molar-refractivity contribution is 5.28. The van der Waals surface area contributed by atoms with E-state index in [0.29, 0.717) is 5.92 Å². The van der Waals surface area contributed by atoms with E-state index in [4.69, 9.17) is 4.42 Å². The molecule has 0 aromatic carbocycles. The van der Waals surface area contributed by atoms with Gasteiger partial charge in [-0.15, -0.1) is 0 Å². The maximum Gasteiger partial charge on any atom is 0.297 e. The van der Waals surface area contributed by atoms with Crippen molar-refractivity contribution in [1.29, 1.82) is 0 Å². The predicted molar refractivity (Wildman–Crippen MR) is 64.4 cm³/mol. The van der Waals surface area contributed by atoms with Gasteiger partial charge >= 0.3 is 0 Å². The van der Waals surface area contributed by atoms with Crippen molar-refractivity contribution in [3.8, 4) is 0 Å². The van der Waals surface area contributed by atoms with E-state index >= 15 is 0 Å². The normalized spacial score (nSPS) is 26.1. The predicted octanol–water partition coefficient (Wildman–Crippen LogP) is 1.88. The van der Waals surface area contributed by atoms with E-state index < -0.39 is 0 Å². The van der Waals surface area contributed by atoms with Crippen molar-refractivity contribution in [2.24, 2.45) is 11.8 Å². The largest absolute Gasteiger partial charge is 0.432 e. The minimum absolute atomic E-state index is 0.716. The Bertz CT molecular complexity index is 337. The molecule has 1 aromatic heterocycles. The minimum atomic E-state index is 0.716. The summed E-state index contributed by atoms with van der Waals surface area (Å²) in [4.78, 5) is 6.73. The van der Waals surface area contributed by atoms with Gasteiger partial charge in [0, 0.05) is 19.6 Å². The molecule has 2 unspecified atom stereocenters. The summed E-state index contributed by atoms with van der Waals surface area (Å²) in [6.45, 7) is 7.51. The number of oxazole rings is 1. The van der Waals surface area contributed by atoms with Crippen LogP contribution in [-0.2, 0) is 6.54 Å². The quantitative estimate of drug-likeness (QED) is 0.849. The van der Waals surface area contributed by atoms with Gasteiger partial charge in [0.1, 0.15) is 6.26 Å². The Morgan fingerprint density at radius 3 is 3.00 bits per heavy atom. The van der Waals surface area contributed by atoms with Gasteiger partial charge < -0.3 is 14.6 Å². The fraction of sp³-hybridized carbons (Fsp3) is 0.750. The summed E-state index contributed by atoms with van der Waals surface area (Å²) in [5.41, 5.74) is 0.976. The monoisotopic (exact) mass is 223 g/mol. The number of nitrogens with one attached hydrogen (secondary N) is 1. The van der Waals surface area contributed by atoms with Gasteiger partial charge in [0.25, 0.3) is 6.01 Å². The van der Waals surface area contributed by atoms with E-state index in [9.17, 15) is 0 Å². The Kier molecular flexibility index (Phi) is 3.49. The van der Waals surface area contributed by atoms with Gasteiger partial charge in [-0.2, -0.15) is 4.98 Å². The summed E-state index contributed by atoms with van der Waals surface area (Å²) in [6, 6.07) is 0.781. The van der Waals surface area contributed by atoms with E-state index in [1.807, 2.05) is 7.05 Å². The van der Waals surface area contributed by atoms with Crippen LogP contribution < -0.4 is 10.2 Å². The van der Waals surface area contributed by atoms with Crippen LogP contribution in [0.15, 0.2) is 10.7 Å². The Morgan fingerprint density at radius 2 is 2.31 bits per heavy atom. The van der Waals surface area contributed by atoms with Crippen molar-refractivity contribution in [3.05, 3.63) is 12.0 Å². The molecule has 16 heavy (non-hydrogen) atoms. The molecule has 0 saturated carbocycles. The fourth-order valence-corrected chi connectivity index (χ4v) is 2.14. The van der Waals surface area contributed by atoms with Crippen LogP contribution in [0, 0.1) is 11.8 Å². The Labute approximate surface area is 97.0 Å². The van der Waals surface area contributed by atoms with Crippen LogP contribution in [0.4, 0.5) is 6.01 Å². The Balaban J connectivity index is 2.01. The maximum absolute atomic E-state index is 5.52. The second-order valence-electron chi connectivity index (χ2n) is 4.84.